The molecule has 0 aliphatic carbocycles. The number of hydrogen-bond donors (Lipinski definition) is 1. The molecule has 2 atom stereocenters. The van der Waals surface area contributed by atoms with Crippen molar-refractivity contribution in [3.05, 3.63) is 48.0 Å². The van der Waals surface area contributed by atoms with Gasteiger partial charge in [-0.2, -0.15) is 5.10 Å². The smallest absolute Gasteiger partial charge is 0.245 e. The first-order chi connectivity index (χ1) is 12.5. The zero-order chi connectivity index (χ0) is 18.3. The van der Waals surface area contributed by atoms with E-state index in [0.29, 0.717) is 31.9 Å². The lowest BCUT2D eigenvalue weighted by Crippen LogP contribution is -2.68. The predicted octanol–water partition coefficient (Wildman–Crippen LogP) is 0.542. The van der Waals surface area contributed by atoms with E-state index in [1.54, 1.807) is 42.4 Å². The van der Waals surface area contributed by atoms with E-state index in [1.807, 2.05) is 0 Å². The lowest BCUT2D eigenvalue weighted by molar-refractivity contribution is -0.152. The summed E-state index contributed by atoms with van der Waals surface area (Å²) in [5.41, 5.74) is 1.33. The molecule has 2 aromatic rings. The number of hydrogen-bond acceptors (Lipinski definition) is 4. The molecule has 8 heteroatoms. The van der Waals surface area contributed by atoms with E-state index < -0.39 is 12.1 Å². The van der Waals surface area contributed by atoms with Crippen molar-refractivity contribution in [3.8, 4) is 5.69 Å². The Labute approximate surface area is 150 Å². The third-order valence-corrected chi connectivity index (χ3v) is 4.92. The largest absolute Gasteiger partial charge is 0.343 e. The Morgan fingerprint density at radius 3 is 2.88 bits per heavy atom. The van der Waals surface area contributed by atoms with Gasteiger partial charge in [-0.05, 0) is 19.1 Å². The van der Waals surface area contributed by atoms with Crippen molar-refractivity contribution in [1.29, 1.82) is 0 Å². The Morgan fingerprint density at radius 2 is 2.08 bits per heavy atom. The molecule has 2 fully saturated rings. The van der Waals surface area contributed by atoms with Crippen molar-refractivity contribution in [2.24, 2.45) is 0 Å². The Kier molecular flexibility index (Phi) is 4.20. The lowest BCUT2D eigenvalue weighted by atomic mass is 10.0. The second kappa shape index (κ2) is 6.53. The monoisotopic (exact) mass is 357 g/mol. The van der Waals surface area contributed by atoms with Gasteiger partial charge in [-0.1, -0.05) is 12.1 Å². The number of benzene rings is 1. The maximum Gasteiger partial charge on any atom is 0.245 e. The number of aromatic nitrogens is 2. The number of carbonyl (C=O) groups excluding carboxylic acids is 2. The second-order valence-electron chi connectivity index (χ2n) is 6.76. The van der Waals surface area contributed by atoms with Crippen molar-refractivity contribution in [3.63, 3.8) is 0 Å². The van der Waals surface area contributed by atoms with Gasteiger partial charge in [0.25, 0.3) is 0 Å². The van der Waals surface area contributed by atoms with Gasteiger partial charge in [0.05, 0.1) is 6.20 Å². The molecule has 3 heterocycles. The van der Waals surface area contributed by atoms with Crippen LogP contribution in [-0.4, -0.2) is 63.1 Å². The van der Waals surface area contributed by atoms with Gasteiger partial charge in [0.2, 0.25) is 11.8 Å². The summed E-state index contributed by atoms with van der Waals surface area (Å²) in [6, 6.07) is 5.57. The highest BCUT2D eigenvalue weighted by molar-refractivity contribution is 5.97. The van der Waals surface area contributed by atoms with Crippen LogP contribution in [0, 0.1) is 5.82 Å². The number of nitrogens with one attached hydrogen (secondary N) is 1. The Balaban J connectivity index is 1.45. The lowest BCUT2D eigenvalue weighted by Gasteiger charge is -2.44. The minimum absolute atomic E-state index is 0.0263. The van der Waals surface area contributed by atoms with E-state index in [9.17, 15) is 14.0 Å². The highest BCUT2D eigenvalue weighted by atomic mass is 19.1. The highest BCUT2D eigenvalue weighted by Gasteiger charge is 2.41. The maximum absolute atomic E-state index is 13.9. The molecule has 0 bridgehead atoms. The third kappa shape index (κ3) is 2.96. The fraction of sp³-hybridized carbons (Fsp3) is 0.389. The third-order valence-electron chi connectivity index (χ3n) is 4.92. The van der Waals surface area contributed by atoms with Crippen LogP contribution in [0.3, 0.4) is 0 Å². The molecule has 4 rings (SSSR count). The Hall–Kier alpha value is -2.74. The summed E-state index contributed by atoms with van der Waals surface area (Å²) in [7, 11) is 0. The number of nitrogens with zero attached hydrogens (tertiary/aromatic N) is 4. The number of rotatable bonds is 3. The number of carbonyl (C=O) groups is 2. The first kappa shape index (κ1) is 16.7. The molecule has 26 heavy (non-hydrogen) atoms. The van der Waals surface area contributed by atoms with Crippen molar-refractivity contribution in [2.45, 2.75) is 25.6 Å². The average Bonchev–Trinajstić information content (AvgIpc) is 3.08. The molecule has 0 spiro atoms. The van der Waals surface area contributed by atoms with Crippen molar-refractivity contribution < 1.29 is 14.0 Å². The molecule has 136 valence electrons. The van der Waals surface area contributed by atoms with E-state index in [4.69, 9.17) is 0 Å². The summed E-state index contributed by atoms with van der Waals surface area (Å²) in [6.07, 6.45) is 3.49. The van der Waals surface area contributed by atoms with Crippen molar-refractivity contribution in [2.75, 3.05) is 19.6 Å². The molecule has 1 N–H and O–H groups in total. The normalized spacial score (nSPS) is 23.7. The van der Waals surface area contributed by atoms with Crippen LogP contribution in [0.5, 0.6) is 0 Å². The van der Waals surface area contributed by atoms with Crippen LogP contribution in [0.4, 0.5) is 4.39 Å². The average molecular weight is 357 g/mol. The van der Waals surface area contributed by atoms with Gasteiger partial charge >= 0.3 is 0 Å². The molecule has 2 saturated heterocycles. The van der Waals surface area contributed by atoms with Crippen LogP contribution in [0.25, 0.3) is 5.69 Å². The number of amides is 2. The summed E-state index contributed by atoms with van der Waals surface area (Å²) in [4.78, 5) is 28.2. The molecule has 0 unspecified atom stereocenters. The van der Waals surface area contributed by atoms with E-state index in [1.165, 1.54) is 10.7 Å². The van der Waals surface area contributed by atoms with Gasteiger partial charge < -0.3 is 10.2 Å². The van der Waals surface area contributed by atoms with Gasteiger partial charge in [-0.15, -0.1) is 0 Å². The van der Waals surface area contributed by atoms with Crippen LogP contribution in [0.1, 0.15) is 12.5 Å². The van der Waals surface area contributed by atoms with Crippen LogP contribution < -0.4 is 5.32 Å². The number of piperazine rings is 2. The fourth-order valence-electron chi connectivity index (χ4n) is 3.56. The van der Waals surface area contributed by atoms with Gasteiger partial charge in [0.15, 0.2) is 0 Å². The Morgan fingerprint density at radius 1 is 1.27 bits per heavy atom. The number of fused-ring (bicyclic) bond motifs is 1. The summed E-state index contributed by atoms with van der Waals surface area (Å²) in [6.45, 7) is 4.00. The summed E-state index contributed by atoms with van der Waals surface area (Å²) in [5, 5.41) is 6.97. The molecule has 1 aromatic carbocycles. The molecule has 1 aromatic heterocycles. The molecular formula is C18H20FN5O2. The van der Waals surface area contributed by atoms with Crippen LogP contribution >= 0.6 is 0 Å². The second-order valence-corrected chi connectivity index (χ2v) is 6.76. The molecule has 0 saturated carbocycles. The predicted molar refractivity (Wildman–Crippen MR) is 91.9 cm³/mol. The SMILES string of the molecule is C[C@H]1NC(=O)[C@H]2CN(Cc3cnn(-c4ccccc4F)c3)CCN2C1=O. The minimum atomic E-state index is -0.454. The standard InChI is InChI=1S/C18H20FN5O2/c1-12-18(26)23-7-6-22(11-16(23)17(25)21-12)9-13-8-20-24(10-13)15-5-3-2-4-14(15)19/h2-5,8,10,12,16H,6-7,9,11H2,1H3,(H,21,25)/t12-,16-/m1/s1. The summed E-state index contributed by atoms with van der Waals surface area (Å²) < 4.78 is 15.4. The number of para-hydroxylation sites is 1. The zero-order valence-electron chi connectivity index (χ0n) is 14.4. The molecule has 0 radical (unpaired) electrons. The van der Waals surface area contributed by atoms with E-state index in [0.717, 1.165) is 5.56 Å². The molecule has 7 nitrogen and oxygen atoms in total. The van der Waals surface area contributed by atoms with Gasteiger partial charge in [0, 0.05) is 37.9 Å². The number of halogens is 1. The molecule has 2 amide bonds. The van der Waals surface area contributed by atoms with E-state index in [2.05, 4.69) is 15.3 Å². The van der Waals surface area contributed by atoms with Crippen LogP contribution in [-0.2, 0) is 16.1 Å². The summed E-state index contributed by atoms with van der Waals surface area (Å²) >= 11 is 0. The van der Waals surface area contributed by atoms with Gasteiger partial charge in [-0.3, -0.25) is 14.5 Å². The van der Waals surface area contributed by atoms with E-state index in [-0.39, 0.29) is 17.6 Å². The fourth-order valence-corrected chi connectivity index (χ4v) is 3.56. The Bertz CT molecular complexity index is 852. The highest BCUT2D eigenvalue weighted by Crippen LogP contribution is 2.19. The molecule has 2 aliphatic rings. The van der Waals surface area contributed by atoms with E-state index >= 15 is 0 Å². The molecule has 2 aliphatic heterocycles. The van der Waals surface area contributed by atoms with Crippen LogP contribution in [0.15, 0.2) is 36.7 Å². The summed E-state index contributed by atoms with van der Waals surface area (Å²) in [5.74, 6) is -0.465. The van der Waals surface area contributed by atoms with Gasteiger partial charge in [-0.25, -0.2) is 9.07 Å². The first-order valence-electron chi connectivity index (χ1n) is 8.64. The minimum Gasteiger partial charge on any atom is -0.343 e. The van der Waals surface area contributed by atoms with Crippen molar-refractivity contribution in [1.82, 2.24) is 24.9 Å². The van der Waals surface area contributed by atoms with Crippen molar-refractivity contribution >= 4 is 11.8 Å². The zero-order valence-corrected chi connectivity index (χ0v) is 14.4. The van der Waals surface area contributed by atoms with Gasteiger partial charge in [0.1, 0.15) is 23.6 Å². The quantitative estimate of drug-likeness (QED) is 0.871. The maximum atomic E-state index is 13.9. The van der Waals surface area contributed by atoms with Crippen LogP contribution in [0.2, 0.25) is 0 Å². The topological polar surface area (TPSA) is 70.5 Å². The first-order valence-corrected chi connectivity index (χ1v) is 8.64. The molecular weight excluding hydrogens is 337 g/mol.